The summed E-state index contributed by atoms with van der Waals surface area (Å²) in [5.41, 5.74) is 3.73. The van der Waals surface area contributed by atoms with Gasteiger partial charge in [-0.15, -0.1) is 0 Å². The van der Waals surface area contributed by atoms with Crippen molar-refractivity contribution in [3.05, 3.63) is 30.6 Å². The summed E-state index contributed by atoms with van der Waals surface area (Å²) in [5, 5.41) is 6.73. The van der Waals surface area contributed by atoms with E-state index in [0.717, 1.165) is 22.3 Å². The van der Waals surface area contributed by atoms with Gasteiger partial charge in [-0.25, -0.2) is 4.98 Å². The topological polar surface area (TPSA) is 41.6 Å². The summed E-state index contributed by atoms with van der Waals surface area (Å²) in [6, 6.07) is 3.89. The maximum absolute atomic E-state index is 4.34. The molecule has 0 saturated carbocycles. The fraction of sp³-hybridized carbons (Fsp3) is 0.111. The lowest BCUT2D eigenvalue weighted by molar-refractivity contribution is 1.12. The Morgan fingerprint density at radius 2 is 2.33 bits per heavy atom. The molecule has 0 bridgehead atoms. The van der Waals surface area contributed by atoms with E-state index in [1.165, 1.54) is 0 Å². The summed E-state index contributed by atoms with van der Waals surface area (Å²) in [7, 11) is 0. The number of nitrogens with zero attached hydrogens (tertiary/aromatic N) is 2. The molecule has 0 spiro atoms. The molecular formula is C9H9N3. The molecule has 0 fully saturated rings. The molecule has 2 heterocycles. The predicted octanol–water partition coefficient (Wildman–Crippen LogP) is 1.99. The lowest BCUT2D eigenvalue weighted by atomic mass is 10.2. The molecule has 3 nitrogen and oxygen atoms in total. The molecule has 2 aromatic rings. The largest absolute Gasteiger partial charge is 0.276 e. The molecule has 0 aromatic carbocycles. The van der Waals surface area contributed by atoms with Gasteiger partial charge in [0.05, 0.1) is 17.4 Å². The van der Waals surface area contributed by atoms with Crippen molar-refractivity contribution < 1.29 is 0 Å². The van der Waals surface area contributed by atoms with Crippen molar-refractivity contribution in [1.82, 2.24) is 15.2 Å². The molecule has 1 N–H and O–H groups in total. The second-order valence-electron chi connectivity index (χ2n) is 2.78. The number of aromatic amines is 1. The third kappa shape index (κ3) is 0.993. The minimum Gasteiger partial charge on any atom is -0.276 e. The number of nitrogens with one attached hydrogen (secondary N) is 1. The predicted molar refractivity (Wildman–Crippen MR) is 48.6 cm³/mol. The number of rotatable bonds is 1. The van der Waals surface area contributed by atoms with Gasteiger partial charge in [0.1, 0.15) is 5.52 Å². The van der Waals surface area contributed by atoms with E-state index >= 15 is 0 Å². The van der Waals surface area contributed by atoms with Crippen LogP contribution in [0.4, 0.5) is 0 Å². The Morgan fingerprint density at radius 1 is 1.50 bits per heavy atom. The first-order valence-electron chi connectivity index (χ1n) is 3.73. The zero-order chi connectivity index (χ0) is 8.55. The Bertz CT molecular complexity index is 428. The number of allylic oxidation sites excluding steroid dienone is 1. The first-order chi connectivity index (χ1) is 5.77. The highest BCUT2D eigenvalue weighted by Crippen LogP contribution is 2.13. The van der Waals surface area contributed by atoms with Crippen LogP contribution in [0.15, 0.2) is 24.9 Å². The minimum absolute atomic E-state index is 0.885. The van der Waals surface area contributed by atoms with Crippen LogP contribution in [0, 0.1) is 0 Å². The van der Waals surface area contributed by atoms with E-state index < -0.39 is 0 Å². The average molecular weight is 159 g/mol. The van der Waals surface area contributed by atoms with E-state index in [1.807, 2.05) is 19.1 Å². The average Bonchev–Trinajstić information content (AvgIpc) is 2.49. The van der Waals surface area contributed by atoms with Gasteiger partial charge >= 0.3 is 0 Å². The molecule has 0 amide bonds. The lowest BCUT2D eigenvalue weighted by Gasteiger charge is -1.96. The van der Waals surface area contributed by atoms with E-state index in [-0.39, 0.29) is 0 Å². The molecule has 2 aromatic heterocycles. The summed E-state index contributed by atoms with van der Waals surface area (Å²) in [5.74, 6) is 0. The van der Waals surface area contributed by atoms with Gasteiger partial charge < -0.3 is 0 Å². The Kier molecular flexibility index (Phi) is 1.43. The quantitative estimate of drug-likeness (QED) is 0.691. The Balaban J connectivity index is 2.68. The standard InChI is InChI=1S/C9H9N3/c1-6(2)7-3-4-8-9(11-7)5-10-12-8/h3-5H,1H2,2H3,(H,10,12). The van der Waals surface area contributed by atoms with Gasteiger partial charge in [-0.2, -0.15) is 5.10 Å². The van der Waals surface area contributed by atoms with Crippen molar-refractivity contribution in [2.45, 2.75) is 6.92 Å². The smallest absolute Gasteiger partial charge is 0.109 e. The van der Waals surface area contributed by atoms with Gasteiger partial charge in [-0.3, -0.25) is 5.10 Å². The molecule has 0 saturated heterocycles. The Hall–Kier alpha value is -1.64. The molecule has 60 valence electrons. The summed E-state index contributed by atoms with van der Waals surface area (Å²) in [6.45, 7) is 5.76. The Morgan fingerprint density at radius 3 is 3.08 bits per heavy atom. The minimum atomic E-state index is 0.885. The van der Waals surface area contributed by atoms with Gasteiger partial charge in [-0.05, 0) is 24.6 Å². The molecule has 0 unspecified atom stereocenters. The van der Waals surface area contributed by atoms with Gasteiger partial charge in [0, 0.05) is 0 Å². The van der Waals surface area contributed by atoms with Gasteiger partial charge in [0.25, 0.3) is 0 Å². The third-order valence-corrected chi connectivity index (χ3v) is 1.73. The van der Waals surface area contributed by atoms with Gasteiger partial charge in [-0.1, -0.05) is 6.58 Å². The van der Waals surface area contributed by atoms with Crippen LogP contribution in [0.5, 0.6) is 0 Å². The first-order valence-corrected chi connectivity index (χ1v) is 3.73. The van der Waals surface area contributed by atoms with Gasteiger partial charge in [0.2, 0.25) is 0 Å². The maximum Gasteiger partial charge on any atom is 0.109 e. The number of hydrogen-bond donors (Lipinski definition) is 1. The van der Waals surface area contributed by atoms with Crippen molar-refractivity contribution >= 4 is 16.6 Å². The molecule has 0 aliphatic carbocycles. The summed E-state index contributed by atoms with van der Waals surface area (Å²) < 4.78 is 0. The zero-order valence-electron chi connectivity index (χ0n) is 6.83. The highest BCUT2D eigenvalue weighted by molar-refractivity contribution is 5.75. The van der Waals surface area contributed by atoms with Crippen LogP contribution in [-0.2, 0) is 0 Å². The normalized spacial score (nSPS) is 10.4. The van der Waals surface area contributed by atoms with Crippen LogP contribution in [0.3, 0.4) is 0 Å². The van der Waals surface area contributed by atoms with E-state index in [1.54, 1.807) is 6.20 Å². The molecule has 3 heteroatoms. The molecule has 0 radical (unpaired) electrons. The van der Waals surface area contributed by atoms with Crippen LogP contribution in [0.2, 0.25) is 0 Å². The lowest BCUT2D eigenvalue weighted by Crippen LogP contribution is -1.83. The van der Waals surface area contributed by atoms with Crippen molar-refractivity contribution in [3.63, 3.8) is 0 Å². The number of aromatic nitrogens is 3. The van der Waals surface area contributed by atoms with Crippen molar-refractivity contribution in [2.24, 2.45) is 0 Å². The summed E-state index contributed by atoms with van der Waals surface area (Å²) in [6.07, 6.45) is 1.71. The zero-order valence-corrected chi connectivity index (χ0v) is 6.83. The van der Waals surface area contributed by atoms with Crippen molar-refractivity contribution in [3.8, 4) is 0 Å². The number of hydrogen-bond acceptors (Lipinski definition) is 2. The van der Waals surface area contributed by atoms with Crippen molar-refractivity contribution in [2.75, 3.05) is 0 Å². The fourth-order valence-corrected chi connectivity index (χ4v) is 1.07. The molecule has 0 aliphatic heterocycles. The van der Waals surface area contributed by atoms with Gasteiger partial charge in [0.15, 0.2) is 0 Å². The van der Waals surface area contributed by atoms with E-state index in [9.17, 15) is 0 Å². The van der Waals surface area contributed by atoms with Crippen LogP contribution in [0.1, 0.15) is 12.6 Å². The number of pyridine rings is 1. The highest BCUT2D eigenvalue weighted by atomic mass is 15.1. The van der Waals surface area contributed by atoms with E-state index in [0.29, 0.717) is 0 Å². The Labute approximate surface area is 70.1 Å². The van der Waals surface area contributed by atoms with Crippen molar-refractivity contribution in [1.29, 1.82) is 0 Å². The molecule has 2 rings (SSSR count). The molecule has 0 aliphatic rings. The van der Waals surface area contributed by atoms with E-state index in [2.05, 4.69) is 21.8 Å². The van der Waals surface area contributed by atoms with Crippen LogP contribution in [0.25, 0.3) is 16.6 Å². The molecular weight excluding hydrogens is 150 g/mol. The third-order valence-electron chi connectivity index (χ3n) is 1.73. The van der Waals surface area contributed by atoms with Crippen LogP contribution < -0.4 is 0 Å². The maximum atomic E-state index is 4.34. The number of H-pyrrole nitrogens is 1. The highest BCUT2D eigenvalue weighted by Gasteiger charge is 1.98. The molecule has 12 heavy (non-hydrogen) atoms. The fourth-order valence-electron chi connectivity index (χ4n) is 1.07. The SMILES string of the molecule is C=C(C)c1ccc2[nH]ncc2n1. The number of fused-ring (bicyclic) bond motifs is 1. The van der Waals surface area contributed by atoms with E-state index in [4.69, 9.17) is 0 Å². The van der Waals surface area contributed by atoms with Crippen LogP contribution in [-0.4, -0.2) is 15.2 Å². The molecule has 0 atom stereocenters. The van der Waals surface area contributed by atoms with Crippen LogP contribution >= 0.6 is 0 Å². The first kappa shape index (κ1) is 7.03. The summed E-state index contributed by atoms with van der Waals surface area (Å²) in [4.78, 5) is 4.34. The summed E-state index contributed by atoms with van der Waals surface area (Å²) >= 11 is 0. The second-order valence-corrected chi connectivity index (χ2v) is 2.78. The monoisotopic (exact) mass is 159 g/mol. The second kappa shape index (κ2) is 2.44.